The van der Waals surface area contributed by atoms with Crippen LogP contribution < -0.4 is 14.5 Å². The average molecular weight is 471 g/mol. The number of hydrogen-bond donors (Lipinski definition) is 0. The van der Waals surface area contributed by atoms with Gasteiger partial charge in [-0.25, -0.2) is 0 Å². The Labute approximate surface area is 205 Å². The van der Waals surface area contributed by atoms with Gasteiger partial charge in [0.15, 0.2) is 5.11 Å². The van der Waals surface area contributed by atoms with E-state index in [0.29, 0.717) is 17.1 Å². The Hall–Kier alpha value is -3.77. The fourth-order valence-corrected chi connectivity index (χ4v) is 4.72. The molecule has 0 bridgehead atoms. The number of thiocarbonyl (C=S) groups is 1. The van der Waals surface area contributed by atoms with Gasteiger partial charge in [0, 0.05) is 6.07 Å². The number of amides is 2. The lowest BCUT2D eigenvalue weighted by molar-refractivity contribution is -0.120. The molecule has 6 heteroatoms. The van der Waals surface area contributed by atoms with Gasteiger partial charge in [0.1, 0.15) is 11.3 Å². The van der Waals surface area contributed by atoms with E-state index in [0.717, 1.165) is 27.8 Å². The van der Waals surface area contributed by atoms with Gasteiger partial charge in [-0.3, -0.25) is 19.4 Å². The van der Waals surface area contributed by atoms with Crippen LogP contribution in [0.3, 0.4) is 0 Å². The summed E-state index contributed by atoms with van der Waals surface area (Å²) < 4.78 is 5.36. The summed E-state index contributed by atoms with van der Waals surface area (Å²) in [5.41, 5.74) is 5.97. The molecule has 0 N–H and O–H groups in total. The van der Waals surface area contributed by atoms with Gasteiger partial charge in [-0.15, -0.1) is 0 Å². The lowest BCUT2D eigenvalue weighted by Gasteiger charge is -2.38. The number of carbonyl (C=O) groups is 2. The summed E-state index contributed by atoms with van der Waals surface area (Å²) in [6.45, 7) is 7.87. The Morgan fingerprint density at radius 3 is 2.09 bits per heavy atom. The summed E-state index contributed by atoms with van der Waals surface area (Å²) in [6, 6.07) is 18.8. The minimum Gasteiger partial charge on any atom is -0.497 e. The molecule has 172 valence electrons. The number of benzene rings is 3. The average Bonchev–Trinajstić information content (AvgIpc) is 2.78. The van der Waals surface area contributed by atoms with Crippen molar-refractivity contribution in [1.82, 2.24) is 0 Å². The third-order valence-corrected chi connectivity index (χ3v) is 6.14. The lowest BCUT2D eigenvalue weighted by Crippen LogP contribution is -2.57. The molecule has 1 saturated heterocycles. The monoisotopic (exact) mass is 470 g/mol. The second-order valence-corrected chi connectivity index (χ2v) is 8.85. The number of hydrogen-bond acceptors (Lipinski definition) is 4. The minimum atomic E-state index is -0.469. The molecule has 0 aromatic heterocycles. The second-order valence-electron chi connectivity index (χ2n) is 8.48. The highest BCUT2D eigenvalue weighted by Gasteiger charge is 2.42. The predicted octanol–water partition coefficient (Wildman–Crippen LogP) is 5.68. The molecular formula is C28H26N2O3S. The van der Waals surface area contributed by atoms with E-state index in [1.165, 1.54) is 9.80 Å². The van der Waals surface area contributed by atoms with Crippen molar-refractivity contribution in [2.75, 3.05) is 16.9 Å². The highest BCUT2D eigenvalue weighted by atomic mass is 32.1. The number of aryl methyl sites for hydroxylation is 4. The number of anilines is 2. The van der Waals surface area contributed by atoms with E-state index in [9.17, 15) is 9.59 Å². The molecule has 0 aliphatic carbocycles. The minimum absolute atomic E-state index is 0.0430. The first-order valence-electron chi connectivity index (χ1n) is 10.9. The summed E-state index contributed by atoms with van der Waals surface area (Å²) in [6.07, 6.45) is 1.64. The normalized spacial score (nSPS) is 15.3. The number of ether oxygens (including phenoxy) is 1. The van der Waals surface area contributed by atoms with Crippen molar-refractivity contribution < 1.29 is 14.3 Å². The summed E-state index contributed by atoms with van der Waals surface area (Å²) in [4.78, 5) is 30.4. The maximum atomic E-state index is 13.8. The molecule has 0 unspecified atom stereocenters. The van der Waals surface area contributed by atoms with E-state index in [-0.39, 0.29) is 10.7 Å². The van der Waals surface area contributed by atoms with E-state index in [4.69, 9.17) is 17.0 Å². The van der Waals surface area contributed by atoms with Crippen molar-refractivity contribution in [1.29, 1.82) is 0 Å². The number of carbonyl (C=O) groups excluding carboxylic acids is 2. The molecule has 1 heterocycles. The molecular weight excluding hydrogens is 444 g/mol. The van der Waals surface area contributed by atoms with Gasteiger partial charge in [-0.05, 0) is 74.8 Å². The molecule has 5 nitrogen and oxygen atoms in total. The molecule has 3 aromatic rings. The predicted molar refractivity (Wildman–Crippen MR) is 140 cm³/mol. The van der Waals surface area contributed by atoms with Gasteiger partial charge in [0.25, 0.3) is 11.8 Å². The standard InChI is InChI=1S/C28H26N2O3S/c1-17-8-6-9-21(14-17)15-24-26(31)29(22-10-7-11-23(16-22)33-5)28(34)30(27(24)32)25-19(3)12-18(2)13-20(25)4/h6-16H,1-5H3/b24-15+. The highest BCUT2D eigenvalue weighted by molar-refractivity contribution is 7.81. The Bertz CT molecular complexity index is 1340. The molecule has 0 atom stereocenters. The molecule has 1 fully saturated rings. The highest BCUT2D eigenvalue weighted by Crippen LogP contribution is 2.35. The lowest BCUT2D eigenvalue weighted by atomic mass is 10.0. The van der Waals surface area contributed by atoms with Crippen molar-refractivity contribution in [3.8, 4) is 5.75 Å². The third kappa shape index (κ3) is 4.24. The zero-order chi connectivity index (χ0) is 24.6. The van der Waals surface area contributed by atoms with Gasteiger partial charge in [-0.1, -0.05) is 53.6 Å². The van der Waals surface area contributed by atoms with Crippen LogP contribution in [0.4, 0.5) is 11.4 Å². The molecule has 4 rings (SSSR count). The van der Waals surface area contributed by atoms with Gasteiger partial charge < -0.3 is 4.74 Å². The van der Waals surface area contributed by atoms with Crippen molar-refractivity contribution in [2.45, 2.75) is 27.7 Å². The van der Waals surface area contributed by atoms with Crippen LogP contribution in [0.2, 0.25) is 0 Å². The molecule has 3 aromatic carbocycles. The maximum absolute atomic E-state index is 13.8. The first-order valence-corrected chi connectivity index (χ1v) is 11.3. The van der Waals surface area contributed by atoms with Crippen LogP contribution in [0.25, 0.3) is 6.08 Å². The molecule has 2 amide bonds. The van der Waals surface area contributed by atoms with Crippen LogP contribution in [0.15, 0.2) is 66.2 Å². The third-order valence-electron chi connectivity index (χ3n) is 5.77. The summed E-state index contributed by atoms with van der Waals surface area (Å²) in [5, 5.41) is 0.111. The summed E-state index contributed by atoms with van der Waals surface area (Å²) >= 11 is 5.78. The van der Waals surface area contributed by atoms with Crippen molar-refractivity contribution >= 4 is 46.6 Å². The van der Waals surface area contributed by atoms with Crippen molar-refractivity contribution in [3.05, 3.63) is 94.1 Å². The van der Waals surface area contributed by atoms with Crippen LogP contribution in [-0.2, 0) is 9.59 Å². The van der Waals surface area contributed by atoms with Crippen LogP contribution in [0, 0.1) is 27.7 Å². The van der Waals surface area contributed by atoms with Crippen molar-refractivity contribution in [3.63, 3.8) is 0 Å². The number of rotatable bonds is 4. The van der Waals surface area contributed by atoms with Gasteiger partial charge in [-0.2, -0.15) is 0 Å². The Morgan fingerprint density at radius 1 is 0.794 bits per heavy atom. The molecule has 0 spiro atoms. The van der Waals surface area contributed by atoms with E-state index in [2.05, 4.69) is 0 Å². The van der Waals surface area contributed by atoms with Crippen LogP contribution in [0.5, 0.6) is 5.75 Å². The summed E-state index contributed by atoms with van der Waals surface area (Å²) in [7, 11) is 1.56. The second kappa shape index (κ2) is 9.23. The van der Waals surface area contributed by atoms with E-state index >= 15 is 0 Å². The number of methoxy groups -OCH3 is 1. The topological polar surface area (TPSA) is 49.9 Å². The van der Waals surface area contributed by atoms with Crippen LogP contribution in [-0.4, -0.2) is 24.0 Å². The first kappa shape index (κ1) is 23.4. The fourth-order valence-electron chi connectivity index (χ4n) is 4.36. The smallest absolute Gasteiger partial charge is 0.270 e. The first-order chi connectivity index (χ1) is 16.2. The quantitative estimate of drug-likeness (QED) is 0.280. The van der Waals surface area contributed by atoms with E-state index in [1.54, 1.807) is 37.5 Å². The van der Waals surface area contributed by atoms with Crippen LogP contribution in [0.1, 0.15) is 27.8 Å². The molecule has 0 saturated carbocycles. The Kier molecular flexibility index (Phi) is 6.35. The zero-order valence-electron chi connectivity index (χ0n) is 19.9. The molecule has 1 aliphatic heterocycles. The molecule has 0 radical (unpaired) electrons. The fraction of sp³-hybridized carbons (Fsp3) is 0.179. The van der Waals surface area contributed by atoms with Crippen LogP contribution >= 0.6 is 12.2 Å². The van der Waals surface area contributed by atoms with Crippen molar-refractivity contribution in [2.24, 2.45) is 0 Å². The van der Waals surface area contributed by atoms with Gasteiger partial charge in [0.2, 0.25) is 0 Å². The Morgan fingerprint density at radius 2 is 1.44 bits per heavy atom. The molecule has 1 aliphatic rings. The van der Waals surface area contributed by atoms with Gasteiger partial charge in [0.05, 0.1) is 18.5 Å². The number of nitrogens with zero attached hydrogens (tertiary/aromatic N) is 2. The van der Waals surface area contributed by atoms with E-state index < -0.39 is 11.8 Å². The Balaban J connectivity index is 1.94. The molecule has 34 heavy (non-hydrogen) atoms. The SMILES string of the molecule is COc1cccc(N2C(=O)/C(=C\c3cccc(C)c3)C(=O)N(c3c(C)cc(C)cc3C)C2=S)c1. The maximum Gasteiger partial charge on any atom is 0.270 e. The zero-order valence-corrected chi connectivity index (χ0v) is 20.7. The van der Waals surface area contributed by atoms with E-state index in [1.807, 2.05) is 64.1 Å². The van der Waals surface area contributed by atoms with Gasteiger partial charge >= 0.3 is 0 Å². The summed E-state index contributed by atoms with van der Waals surface area (Å²) in [5.74, 6) is -0.322. The largest absolute Gasteiger partial charge is 0.497 e.